The normalized spacial score (nSPS) is 16.0. The minimum absolute atomic E-state index is 0.0520. The van der Waals surface area contributed by atoms with Crippen LogP contribution in [0.4, 0.5) is 0 Å². The van der Waals surface area contributed by atoms with Gasteiger partial charge in [-0.15, -0.1) is 0 Å². The van der Waals surface area contributed by atoms with E-state index in [1.807, 2.05) is 0 Å². The molecule has 7 nitrogen and oxygen atoms in total. The van der Waals surface area contributed by atoms with Gasteiger partial charge in [-0.1, -0.05) is 58.3 Å². The van der Waals surface area contributed by atoms with Crippen LogP contribution in [0.15, 0.2) is 0 Å². The van der Waals surface area contributed by atoms with Gasteiger partial charge in [-0.3, -0.25) is 4.79 Å². The van der Waals surface area contributed by atoms with Gasteiger partial charge >= 0.3 is 5.97 Å². The lowest BCUT2D eigenvalue weighted by atomic mass is 10.0. The van der Waals surface area contributed by atoms with E-state index in [9.17, 15) is 24.9 Å². The molecule has 0 rings (SSSR count). The van der Waals surface area contributed by atoms with Gasteiger partial charge in [0.25, 0.3) is 0 Å². The predicted octanol–water partition coefficient (Wildman–Crippen LogP) is 1.09. The fourth-order valence-electron chi connectivity index (χ4n) is 2.44. The van der Waals surface area contributed by atoms with E-state index >= 15 is 0 Å². The fraction of sp³-hybridized carbons (Fsp3) is 0.889. The highest BCUT2D eigenvalue weighted by molar-refractivity contribution is 5.69. The summed E-state index contributed by atoms with van der Waals surface area (Å²) in [4.78, 5) is 21.9. The average molecular weight is 362 g/mol. The number of aliphatic hydroxyl groups excluding tert-OH is 4. The van der Waals surface area contributed by atoms with Gasteiger partial charge < -0.3 is 30.0 Å². The molecule has 0 saturated heterocycles. The van der Waals surface area contributed by atoms with E-state index in [0.717, 1.165) is 12.8 Å². The van der Waals surface area contributed by atoms with Crippen LogP contribution in [0.5, 0.6) is 0 Å². The molecule has 0 aromatic carbocycles. The quantitative estimate of drug-likeness (QED) is 0.184. The molecule has 4 N–H and O–H groups in total. The summed E-state index contributed by atoms with van der Waals surface area (Å²) in [5.74, 6) is -0.486. The second kappa shape index (κ2) is 15.3. The van der Waals surface area contributed by atoms with Crippen LogP contribution < -0.4 is 0 Å². The van der Waals surface area contributed by atoms with Crippen molar-refractivity contribution in [2.75, 3.05) is 6.61 Å². The zero-order chi connectivity index (χ0) is 19.1. The molecule has 0 aromatic heterocycles. The molecule has 25 heavy (non-hydrogen) atoms. The number of hydrogen-bond acceptors (Lipinski definition) is 7. The van der Waals surface area contributed by atoms with Gasteiger partial charge in [-0.25, -0.2) is 0 Å². The van der Waals surface area contributed by atoms with Gasteiger partial charge in [0.1, 0.15) is 31.0 Å². The van der Waals surface area contributed by atoms with Crippen LogP contribution in [-0.4, -0.2) is 63.7 Å². The van der Waals surface area contributed by atoms with Gasteiger partial charge in [0.15, 0.2) is 6.29 Å². The standard InChI is InChI=1S/C18H34O7/c1-2-3-4-5-6-7-8-9-10-11-16(22)25-13-15(21)18(24)17(23)14(20)12-19/h12,14-15,17-18,20-21,23-24H,2-11,13H2,1H3/t14-,15+,17+,18+/m0/s1. The van der Waals surface area contributed by atoms with E-state index in [1.165, 1.54) is 38.5 Å². The summed E-state index contributed by atoms with van der Waals surface area (Å²) in [6.07, 6.45) is 3.51. The number of hydrogen-bond donors (Lipinski definition) is 4. The first-order chi connectivity index (χ1) is 11.9. The van der Waals surface area contributed by atoms with Crippen LogP contribution >= 0.6 is 0 Å². The Balaban J connectivity index is 3.68. The first-order valence-electron chi connectivity index (χ1n) is 9.27. The summed E-state index contributed by atoms with van der Waals surface area (Å²) in [7, 11) is 0. The molecule has 0 aliphatic carbocycles. The van der Waals surface area contributed by atoms with Crippen molar-refractivity contribution < 1.29 is 34.8 Å². The van der Waals surface area contributed by atoms with Crippen molar-refractivity contribution in [3.63, 3.8) is 0 Å². The van der Waals surface area contributed by atoms with Gasteiger partial charge in [-0.2, -0.15) is 0 Å². The number of rotatable bonds is 16. The lowest BCUT2D eigenvalue weighted by Gasteiger charge is -2.23. The van der Waals surface area contributed by atoms with Crippen molar-refractivity contribution >= 4 is 12.3 Å². The molecule has 4 atom stereocenters. The lowest BCUT2D eigenvalue weighted by Crippen LogP contribution is -2.46. The summed E-state index contributed by atoms with van der Waals surface area (Å²) in [5.41, 5.74) is 0. The number of esters is 1. The van der Waals surface area contributed by atoms with E-state index in [1.54, 1.807) is 0 Å². The highest BCUT2D eigenvalue weighted by Gasteiger charge is 2.30. The summed E-state index contributed by atoms with van der Waals surface area (Å²) >= 11 is 0. The Morgan fingerprint density at radius 3 is 1.92 bits per heavy atom. The van der Waals surface area contributed by atoms with E-state index in [2.05, 4.69) is 6.92 Å². The van der Waals surface area contributed by atoms with Gasteiger partial charge in [0.05, 0.1) is 0 Å². The van der Waals surface area contributed by atoms with Crippen LogP contribution in [0.25, 0.3) is 0 Å². The van der Waals surface area contributed by atoms with Crippen LogP contribution in [0.3, 0.4) is 0 Å². The third kappa shape index (κ3) is 12.0. The molecular formula is C18H34O7. The molecule has 0 aliphatic heterocycles. The van der Waals surface area contributed by atoms with Crippen molar-refractivity contribution in [2.24, 2.45) is 0 Å². The Bertz CT molecular complexity index is 348. The Kier molecular flexibility index (Phi) is 14.6. The number of carbonyl (C=O) groups excluding carboxylic acids is 2. The Labute approximate surface area is 150 Å². The zero-order valence-electron chi connectivity index (χ0n) is 15.2. The smallest absolute Gasteiger partial charge is 0.305 e. The van der Waals surface area contributed by atoms with Crippen LogP contribution in [0, 0.1) is 0 Å². The monoisotopic (exact) mass is 362 g/mol. The third-order valence-corrected chi connectivity index (χ3v) is 4.13. The van der Waals surface area contributed by atoms with E-state index < -0.39 is 37.0 Å². The van der Waals surface area contributed by atoms with Gasteiger partial charge in [0.2, 0.25) is 0 Å². The minimum Gasteiger partial charge on any atom is -0.463 e. The van der Waals surface area contributed by atoms with Gasteiger partial charge in [0, 0.05) is 6.42 Å². The first-order valence-corrected chi connectivity index (χ1v) is 9.27. The summed E-state index contributed by atoms with van der Waals surface area (Å²) < 4.78 is 4.83. The van der Waals surface area contributed by atoms with Crippen molar-refractivity contribution in [1.29, 1.82) is 0 Å². The Hall–Kier alpha value is -1.02. The maximum absolute atomic E-state index is 11.6. The average Bonchev–Trinajstić information content (AvgIpc) is 2.62. The van der Waals surface area contributed by atoms with Crippen molar-refractivity contribution in [3.05, 3.63) is 0 Å². The van der Waals surface area contributed by atoms with Gasteiger partial charge in [-0.05, 0) is 6.42 Å². The molecule has 0 aromatic rings. The van der Waals surface area contributed by atoms with Crippen molar-refractivity contribution in [1.82, 2.24) is 0 Å². The molecule has 0 fully saturated rings. The molecular weight excluding hydrogens is 328 g/mol. The highest BCUT2D eigenvalue weighted by Crippen LogP contribution is 2.11. The van der Waals surface area contributed by atoms with Crippen molar-refractivity contribution in [2.45, 2.75) is 95.5 Å². The minimum atomic E-state index is -1.83. The molecule has 0 unspecified atom stereocenters. The maximum Gasteiger partial charge on any atom is 0.305 e. The van der Waals surface area contributed by atoms with E-state index in [0.29, 0.717) is 6.42 Å². The van der Waals surface area contributed by atoms with Crippen LogP contribution in [-0.2, 0) is 14.3 Å². The number of unbranched alkanes of at least 4 members (excludes halogenated alkanes) is 8. The predicted molar refractivity (Wildman–Crippen MR) is 92.9 cm³/mol. The molecule has 0 bridgehead atoms. The number of aldehydes is 1. The largest absolute Gasteiger partial charge is 0.463 e. The van der Waals surface area contributed by atoms with E-state index in [-0.39, 0.29) is 12.7 Å². The third-order valence-electron chi connectivity index (χ3n) is 4.13. The van der Waals surface area contributed by atoms with E-state index in [4.69, 9.17) is 9.84 Å². The summed E-state index contributed by atoms with van der Waals surface area (Å²) in [6, 6.07) is 0. The second-order valence-corrected chi connectivity index (χ2v) is 6.44. The second-order valence-electron chi connectivity index (χ2n) is 6.44. The fourth-order valence-corrected chi connectivity index (χ4v) is 2.44. The first kappa shape index (κ1) is 24.0. The molecule has 7 heteroatoms. The molecule has 0 heterocycles. The Morgan fingerprint density at radius 1 is 0.880 bits per heavy atom. The van der Waals surface area contributed by atoms with Crippen molar-refractivity contribution in [3.8, 4) is 0 Å². The van der Waals surface area contributed by atoms with Crippen LogP contribution in [0.2, 0.25) is 0 Å². The lowest BCUT2D eigenvalue weighted by molar-refractivity contribution is -0.156. The summed E-state index contributed by atoms with van der Waals surface area (Å²) in [6.45, 7) is 1.69. The number of ether oxygens (including phenoxy) is 1. The molecule has 0 saturated carbocycles. The zero-order valence-corrected chi connectivity index (χ0v) is 15.2. The molecule has 148 valence electrons. The topological polar surface area (TPSA) is 124 Å². The molecule has 0 aliphatic rings. The SMILES string of the molecule is CCCCCCCCCCCC(=O)OC[C@@H](O)[C@@H](O)[C@H](O)[C@@H](O)C=O. The number of carbonyl (C=O) groups is 2. The number of aliphatic hydroxyl groups is 4. The summed E-state index contributed by atoms with van der Waals surface area (Å²) in [5, 5.41) is 37.6. The Morgan fingerprint density at radius 2 is 1.40 bits per heavy atom. The highest BCUT2D eigenvalue weighted by atomic mass is 16.5. The molecule has 0 spiro atoms. The van der Waals surface area contributed by atoms with Crippen LogP contribution in [0.1, 0.15) is 71.1 Å². The molecule has 0 amide bonds. The maximum atomic E-state index is 11.6. The molecule has 0 radical (unpaired) electrons.